The van der Waals surface area contributed by atoms with Crippen molar-refractivity contribution in [3.05, 3.63) is 27.3 Å². The van der Waals surface area contributed by atoms with Gasteiger partial charge in [-0.3, -0.25) is 9.69 Å². The molecule has 0 amide bonds. The van der Waals surface area contributed by atoms with E-state index in [0.29, 0.717) is 24.5 Å². The summed E-state index contributed by atoms with van der Waals surface area (Å²) in [6.07, 6.45) is 0. The van der Waals surface area contributed by atoms with Gasteiger partial charge in [0.1, 0.15) is 12.4 Å². The molecule has 0 saturated carbocycles. The fraction of sp³-hybridized carbons (Fsp3) is 0.467. The van der Waals surface area contributed by atoms with Crippen LogP contribution < -0.4 is 4.74 Å². The molecule has 0 aliphatic carbocycles. The summed E-state index contributed by atoms with van der Waals surface area (Å²) in [4.78, 5) is 25.3. The summed E-state index contributed by atoms with van der Waals surface area (Å²) in [5, 5.41) is 0. The Hall–Kier alpha value is -1.19. The van der Waals surface area contributed by atoms with Crippen LogP contribution in [-0.4, -0.2) is 56.3 Å². The van der Waals surface area contributed by atoms with Crippen molar-refractivity contribution in [2.24, 2.45) is 0 Å². The van der Waals surface area contributed by atoms with Gasteiger partial charge in [0, 0.05) is 26.6 Å². The first-order valence-corrected chi connectivity index (χ1v) is 8.09. The van der Waals surface area contributed by atoms with Crippen LogP contribution in [0.2, 0.25) is 0 Å². The molecule has 7 heteroatoms. The summed E-state index contributed by atoms with van der Waals surface area (Å²) in [5.74, 6) is -0.468. The predicted molar refractivity (Wildman–Crippen MR) is 88.0 cm³/mol. The van der Waals surface area contributed by atoms with Crippen LogP contribution in [0.5, 0.6) is 5.75 Å². The minimum absolute atomic E-state index is 0.327. The molecule has 2 rings (SSSR count). The van der Waals surface area contributed by atoms with Gasteiger partial charge in [-0.1, -0.05) is 0 Å². The molecule has 22 heavy (non-hydrogen) atoms. The Morgan fingerprint density at radius 1 is 1.32 bits per heavy atom. The van der Waals surface area contributed by atoms with Gasteiger partial charge in [0.05, 0.1) is 22.3 Å². The van der Waals surface area contributed by atoms with Crippen LogP contribution in [0.4, 0.5) is 0 Å². The molecule has 1 saturated heterocycles. The quantitative estimate of drug-likeness (QED) is 0.412. The van der Waals surface area contributed by atoms with Gasteiger partial charge in [0.2, 0.25) is 0 Å². The zero-order valence-electron chi connectivity index (χ0n) is 12.3. The average Bonchev–Trinajstić information content (AvgIpc) is 2.50. The Morgan fingerprint density at radius 3 is 2.73 bits per heavy atom. The van der Waals surface area contributed by atoms with Crippen LogP contribution in [0.1, 0.15) is 17.3 Å². The second kappa shape index (κ2) is 8.44. The molecule has 1 fully saturated rings. The number of ether oxygens (including phenoxy) is 3. The lowest BCUT2D eigenvalue weighted by molar-refractivity contribution is -0.131. The predicted octanol–water partition coefficient (Wildman–Crippen LogP) is 1.71. The highest BCUT2D eigenvalue weighted by atomic mass is 127. The third-order valence-corrected chi connectivity index (χ3v) is 4.06. The summed E-state index contributed by atoms with van der Waals surface area (Å²) in [5.41, 5.74) is 0.374. The fourth-order valence-electron chi connectivity index (χ4n) is 2.04. The number of esters is 2. The average molecular weight is 419 g/mol. The molecular formula is C15H18INO5. The fourth-order valence-corrected chi connectivity index (χ4v) is 2.48. The van der Waals surface area contributed by atoms with Crippen LogP contribution >= 0.6 is 22.6 Å². The van der Waals surface area contributed by atoms with Crippen molar-refractivity contribution in [1.29, 1.82) is 0 Å². The monoisotopic (exact) mass is 419 g/mol. The van der Waals surface area contributed by atoms with Crippen molar-refractivity contribution in [3.63, 3.8) is 0 Å². The summed E-state index contributed by atoms with van der Waals surface area (Å²) in [6, 6.07) is 4.91. The number of nitrogens with zero attached hydrogens (tertiary/aromatic N) is 1. The van der Waals surface area contributed by atoms with E-state index in [2.05, 4.69) is 4.90 Å². The molecule has 0 atom stereocenters. The normalized spacial score (nSPS) is 15.4. The van der Waals surface area contributed by atoms with Crippen LogP contribution in [0.15, 0.2) is 18.2 Å². The van der Waals surface area contributed by atoms with Gasteiger partial charge in [0.15, 0.2) is 0 Å². The maximum Gasteiger partial charge on any atom is 0.338 e. The van der Waals surface area contributed by atoms with E-state index in [-0.39, 0.29) is 0 Å². The van der Waals surface area contributed by atoms with E-state index >= 15 is 0 Å². The highest BCUT2D eigenvalue weighted by Gasteiger charge is 2.14. The third-order valence-electron chi connectivity index (χ3n) is 3.16. The van der Waals surface area contributed by atoms with E-state index in [4.69, 9.17) is 14.2 Å². The first-order valence-electron chi connectivity index (χ1n) is 7.01. The number of benzene rings is 1. The van der Waals surface area contributed by atoms with Crippen molar-refractivity contribution < 1.29 is 23.8 Å². The van der Waals surface area contributed by atoms with Crippen molar-refractivity contribution in [3.8, 4) is 5.75 Å². The molecule has 120 valence electrons. The second-order valence-corrected chi connectivity index (χ2v) is 5.99. The van der Waals surface area contributed by atoms with Gasteiger partial charge in [-0.25, -0.2) is 4.79 Å². The molecular weight excluding hydrogens is 401 g/mol. The highest BCUT2D eigenvalue weighted by Crippen LogP contribution is 2.23. The van der Waals surface area contributed by atoms with Gasteiger partial charge >= 0.3 is 11.9 Å². The smallest absolute Gasteiger partial charge is 0.338 e. The standard InChI is InChI=1S/C15H18INO5/c1-11(18)22-14-10-12(2-3-13(14)16)15(19)21-9-6-17-4-7-20-8-5-17/h2-3,10H,4-9H2,1H3. The Kier molecular flexibility index (Phi) is 6.59. The van der Waals surface area contributed by atoms with Gasteiger partial charge in [-0.05, 0) is 40.8 Å². The molecule has 0 radical (unpaired) electrons. The van der Waals surface area contributed by atoms with Gasteiger partial charge in [0.25, 0.3) is 0 Å². The second-order valence-electron chi connectivity index (χ2n) is 4.83. The molecule has 1 aliphatic rings. The van der Waals surface area contributed by atoms with Crippen LogP contribution in [0, 0.1) is 3.57 Å². The largest absolute Gasteiger partial charge is 0.461 e. The summed E-state index contributed by atoms with van der Waals surface area (Å²) in [7, 11) is 0. The number of carbonyl (C=O) groups is 2. The first-order chi connectivity index (χ1) is 10.6. The molecule has 1 aliphatic heterocycles. The highest BCUT2D eigenvalue weighted by molar-refractivity contribution is 14.1. The van der Waals surface area contributed by atoms with Crippen LogP contribution in [0.25, 0.3) is 0 Å². The summed E-state index contributed by atoms with van der Waals surface area (Å²) >= 11 is 2.04. The lowest BCUT2D eigenvalue weighted by atomic mass is 10.2. The maximum atomic E-state index is 12.0. The molecule has 0 spiro atoms. The maximum absolute atomic E-state index is 12.0. The topological polar surface area (TPSA) is 65.1 Å². The molecule has 1 aromatic carbocycles. The number of morpholine rings is 1. The summed E-state index contributed by atoms with van der Waals surface area (Å²) in [6.45, 7) is 5.50. The van der Waals surface area contributed by atoms with Crippen molar-refractivity contribution in [1.82, 2.24) is 4.90 Å². The molecule has 0 bridgehead atoms. The van der Waals surface area contributed by atoms with E-state index < -0.39 is 11.9 Å². The van der Waals surface area contributed by atoms with E-state index in [0.717, 1.165) is 29.9 Å². The first kappa shape index (κ1) is 17.2. The number of hydrogen-bond acceptors (Lipinski definition) is 6. The number of carbonyl (C=O) groups excluding carboxylic acids is 2. The van der Waals surface area contributed by atoms with Crippen molar-refractivity contribution in [2.75, 3.05) is 39.5 Å². The zero-order valence-corrected chi connectivity index (χ0v) is 14.5. The minimum Gasteiger partial charge on any atom is -0.461 e. The van der Waals surface area contributed by atoms with Gasteiger partial charge in [-0.2, -0.15) is 0 Å². The lowest BCUT2D eigenvalue weighted by Gasteiger charge is -2.26. The minimum atomic E-state index is -0.421. The summed E-state index contributed by atoms with van der Waals surface area (Å²) < 4.78 is 16.3. The van der Waals surface area contributed by atoms with Crippen LogP contribution in [0.3, 0.4) is 0 Å². The lowest BCUT2D eigenvalue weighted by Crippen LogP contribution is -2.38. The Morgan fingerprint density at radius 2 is 2.05 bits per heavy atom. The van der Waals surface area contributed by atoms with E-state index in [9.17, 15) is 9.59 Å². The van der Waals surface area contributed by atoms with Crippen molar-refractivity contribution in [2.45, 2.75) is 6.92 Å². The molecule has 1 heterocycles. The van der Waals surface area contributed by atoms with E-state index in [1.807, 2.05) is 22.6 Å². The molecule has 1 aromatic rings. The van der Waals surface area contributed by atoms with Gasteiger partial charge < -0.3 is 14.2 Å². The molecule has 6 nitrogen and oxygen atoms in total. The van der Waals surface area contributed by atoms with E-state index in [1.54, 1.807) is 12.1 Å². The number of rotatable bonds is 5. The third kappa shape index (κ3) is 5.22. The number of hydrogen-bond donors (Lipinski definition) is 0. The SMILES string of the molecule is CC(=O)Oc1cc(C(=O)OCCN2CCOCC2)ccc1I. The van der Waals surface area contributed by atoms with Gasteiger partial charge in [-0.15, -0.1) is 0 Å². The molecule has 0 unspecified atom stereocenters. The Labute approximate surface area is 142 Å². The number of halogens is 1. The van der Waals surface area contributed by atoms with Crippen molar-refractivity contribution >= 4 is 34.5 Å². The Balaban J connectivity index is 1.87. The van der Waals surface area contributed by atoms with Crippen LogP contribution in [-0.2, 0) is 14.3 Å². The molecule has 0 N–H and O–H groups in total. The van der Waals surface area contributed by atoms with E-state index in [1.165, 1.54) is 13.0 Å². The molecule has 0 aromatic heterocycles. The Bertz CT molecular complexity index is 543. The zero-order chi connectivity index (χ0) is 15.9.